The van der Waals surface area contributed by atoms with Crippen molar-refractivity contribution in [3.63, 3.8) is 0 Å². The molecule has 0 unspecified atom stereocenters. The summed E-state index contributed by atoms with van der Waals surface area (Å²) in [6.07, 6.45) is -9.95. The van der Waals surface area contributed by atoms with E-state index in [-0.39, 0.29) is 26.8 Å². The molecule has 0 aliphatic heterocycles. The van der Waals surface area contributed by atoms with Gasteiger partial charge in [-0.05, 0) is 56.1 Å². The molecule has 142 valence electrons. The van der Waals surface area contributed by atoms with E-state index in [4.69, 9.17) is 4.74 Å². The highest BCUT2D eigenvalue weighted by Gasteiger charge is 2.34. The van der Waals surface area contributed by atoms with Crippen molar-refractivity contribution in [3.05, 3.63) is 50.4 Å². The molecule has 0 aromatic heterocycles. The summed E-state index contributed by atoms with van der Waals surface area (Å²) >= 11 is 5.66. The Hall–Kier alpha value is -1.56. The summed E-state index contributed by atoms with van der Waals surface area (Å²) in [5.74, 6) is -5.50. The highest BCUT2D eigenvalue weighted by Crippen LogP contribution is 2.43. The summed E-state index contributed by atoms with van der Waals surface area (Å²) in [5, 5.41) is 0. The first-order valence-corrected chi connectivity index (χ1v) is 7.85. The van der Waals surface area contributed by atoms with Gasteiger partial charge in [0.05, 0.1) is 14.5 Å². The molecule has 2 aromatic rings. The smallest absolute Gasteiger partial charge is 0.449 e. The van der Waals surface area contributed by atoms with Crippen molar-refractivity contribution in [1.82, 2.24) is 0 Å². The molecule has 0 saturated carbocycles. The van der Waals surface area contributed by atoms with Crippen LogP contribution in [0.5, 0.6) is 17.2 Å². The number of alkyl halides is 6. The third-order valence-corrected chi connectivity index (χ3v) is 3.91. The Bertz CT molecular complexity index is 787. The van der Waals surface area contributed by atoms with Crippen LogP contribution >= 0.6 is 31.9 Å². The van der Waals surface area contributed by atoms with E-state index >= 15 is 0 Å². The van der Waals surface area contributed by atoms with Gasteiger partial charge in [0, 0.05) is 0 Å². The van der Waals surface area contributed by atoms with Crippen LogP contribution < -0.4 is 9.47 Å². The van der Waals surface area contributed by atoms with E-state index in [2.05, 4.69) is 36.6 Å². The van der Waals surface area contributed by atoms with Crippen LogP contribution in [0.2, 0.25) is 0 Å². The van der Waals surface area contributed by atoms with Crippen molar-refractivity contribution >= 4 is 31.9 Å². The van der Waals surface area contributed by atoms with Gasteiger partial charge in [0.25, 0.3) is 0 Å². The molecule has 2 nitrogen and oxygen atoms in total. The Balaban J connectivity index is 2.40. The number of hydrogen-bond donors (Lipinski definition) is 0. The average Bonchev–Trinajstić information content (AvgIpc) is 2.41. The molecule has 0 fully saturated rings. The van der Waals surface area contributed by atoms with E-state index in [1.165, 1.54) is 0 Å². The number of hydrogen-bond acceptors (Lipinski definition) is 2. The first kappa shape index (κ1) is 20.7. The van der Waals surface area contributed by atoms with Gasteiger partial charge in [0.15, 0.2) is 23.1 Å². The molecule has 0 atom stereocenters. The van der Waals surface area contributed by atoms with Crippen LogP contribution in [-0.2, 0) is 6.18 Å². The van der Waals surface area contributed by atoms with Gasteiger partial charge in [-0.1, -0.05) is 0 Å². The molecular formula is C14H4Br2F8O2. The maximum Gasteiger partial charge on any atom is 0.573 e. The van der Waals surface area contributed by atoms with Crippen LogP contribution in [-0.4, -0.2) is 6.36 Å². The van der Waals surface area contributed by atoms with Gasteiger partial charge in [0.2, 0.25) is 0 Å². The minimum Gasteiger partial charge on any atom is -0.449 e. The molecule has 0 amide bonds. The standard InChI is InChI=1S/C14H4Br2F8O2/c15-7-3-6(26-14(22,23)24)4-8(16)11(7)25-12-9(17)1-5(2-10(12)18)13(19,20)21/h1-4H. The first-order valence-electron chi connectivity index (χ1n) is 6.27. The summed E-state index contributed by atoms with van der Waals surface area (Å²) in [7, 11) is 0. The van der Waals surface area contributed by atoms with Gasteiger partial charge in [0.1, 0.15) is 5.75 Å². The predicted molar refractivity (Wildman–Crippen MR) is 80.0 cm³/mol. The zero-order chi connectivity index (χ0) is 19.9. The second-order valence-electron chi connectivity index (χ2n) is 4.63. The highest BCUT2D eigenvalue weighted by atomic mass is 79.9. The van der Waals surface area contributed by atoms with Gasteiger partial charge >= 0.3 is 12.5 Å². The van der Waals surface area contributed by atoms with Gasteiger partial charge in [-0.15, -0.1) is 13.2 Å². The van der Waals surface area contributed by atoms with Crippen molar-refractivity contribution in [1.29, 1.82) is 0 Å². The second kappa shape index (κ2) is 7.22. The molecule has 0 aliphatic rings. The quantitative estimate of drug-likeness (QED) is 0.402. The Morgan fingerprint density at radius 3 is 1.58 bits per heavy atom. The Morgan fingerprint density at radius 2 is 1.19 bits per heavy atom. The molecule has 0 bridgehead atoms. The van der Waals surface area contributed by atoms with Gasteiger partial charge in [-0.2, -0.15) is 13.2 Å². The van der Waals surface area contributed by atoms with Crippen LogP contribution in [0.25, 0.3) is 0 Å². The molecule has 0 aliphatic carbocycles. The monoisotopic (exact) mass is 514 g/mol. The van der Waals surface area contributed by atoms with E-state index in [9.17, 15) is 35.1 Å². The van der Waals surface area contributed by atoms with E-state index in [0.717, 1.165) is 12.1 Å². The van der Waals surface area contributed by atoms with Crippen molar-refractivity contribution in [2.24, 2.45) is 0 Å². The van der Waals surface area contributed by atoms with Gasteiger partial charge in [-0.3, -0.25) is 0 Å². The number of rotatable bonds is 3. The summed E-state index contributed by atoms with van der Waals surface area (Å²) < 4.78 is 110. The van der Waals surface area contributed by atoms with Crippen LogP contribution in [0, 0.1) is 11.6 Å². The fourth-order valence-corrected chi connectivity index (χ4v) is 3.06. The lowest BCUT2D eigenvalue weighted by Crippen LogP contribution is -2.17. The number of benzene rings is 2. The maximum absolute atomic E-state index is 13.8. The van der Waals surface area contributed by atoms with E-state index < -0.39 is 41.2 Å². The minimum atomic E-state index is -4.98. The highest BCUT2D eigenvalue weighted by molar-refractivity contribution is 9.11. The molecule has 0 heterocycles. The lowest BCUT2D eigenvalue weighted by molar-refractivity contribution is -0.274. The summed E-state index contributed by atoms with van der Waals surface area (Å²) in [6.45, 7) is 0. The third-order valence-electron chi connectivity index (χ3n) is 2.74. The van der Waals surface area contributed by atoms with E-state index in [0.29, 0.717) is 0 Å². The Morgan fingerprint density at radius 1 is 0.731 bits per heavy atom. The van der Waals surface area contributed by atoms with Crippen LogP contribution in [0.1, 0.15) is 5.56 Å². The molecule has 0 radical (unpaired) electrons. The average molecular weight is 516 g/mol. The second-order valence-corrected chi connectivity index (χ2v) is 6.34. The first-order chi connectivity index (χ1) is 11.8. The SMILES string of the molecule is Fc1cc(C(F)(F)F)cc(F)c1Oc1c(Br)cc(OC(F)(F)F)cc1Br. The predicted octanol–water partition coefficient (Wildman–Crippen LogP) is 7.20. The summed E-state index contributed by atoms with van der Waals surface area (Å²) in [4.78, 5) is 0. The summed E-state index contributed by atoms with van der Waals surface area (Å²) in [6, 6.07) is 1.66. The van der Waals surface area contributed by atoms with Crippen LogP contribution in [0.3, 0.4) is 0 Å². The van der Waals surface area contributed by atoms with Crippen molar-refractivity contribution in [3.8, 4) is 17.2 Å². The van der Waals surface area contributed by atoms with E-state index in [1.807, 2.05) is 0 Å². The maximum atomic E-state index is 13.8. The Labute approximate surface area is 157 Å². The zero-order valence-corrected chi connectivity index (χ0v) is 15.1. The molecule has 0 N–H and O–H groups in total. The fraction of sp³-hybridized carbons (Fsp3) is 0.143. The molecule has 26 heavy (non-hydrogen) atoms. The minimum absolute atomic E-state index is 0.0291. The van der Waals surface area contributed by atoms with Crippen molar-refractivity contribution in [2.75, 3.05) is 0 Å². The molecule has 2 aromatic carbocycles. The molecule has 2 rings (SSSR count). The van der Waals surface area contributed by atoms with Crippen LogP contribution in [0.4, 0.5) is 35.1 Å². The van der Waals surface area contributed by atoms with Gasteiger partial charge in [-0.25, -0.2) is 8.78 Å². The number of halogens is 10. The fourth-order valence-electron chi connectivity index (χ4n) is 1.75. The van der Waals surface area contributed by atoms with Crippen molar-refractivity contribution in [2.45, 2.75) is 12.5 Å². The topological polar surface area (TPSA) is 18.5 Å². The third kappa shape index (κ3) is 5.00. The molecule has 12 heteroatoms. The van der Waals surface area contributed by atoms with E-state index in [1.54, 1.807) is 0 Å². The van der Waals surface area contributed by atoms with Crippen molar-refractivity contribution < 1.29 is 44.6 Å². The van der Waals surface area contributed by atoms with Gasteiger partial charge < -0.3 is 9.47 Å². The zero-order valence-electron chi connectivity index (χ0n) is 11.9. The molecular weight excluding hydrogens is 512 g/mol. The largest absolute Gasteiger partial charge is 0.573 e. The lowest BCUT2D eigenvalue weighted by atomic mass is 10.2. The normalized spacial score (nSPS) is 12.2. The lowest BCUT2D eigenvalue weighted by Gasteiger charge is -2.15. The number of ether oxygens (including phenoxy) is 2. The molecule has 0 saturated heterocycles. The Kier molecular flexibility index (Phi) is 5.76. The summed E-state index contributed by atoms with van der Waals surface area (Å²) in [5.41, 5.74) is -1.56. The van der Waals surface area contributed by atoms with Crippen LogP contribution in [0.15, 0.2) is 33.2 Å². The molecule has 0 spiro atoms.